The molecule has 0 amide bonds. The molecule has 0 fully saturated rings. The van der Waals surface area contributed by atoms with Gasteiger partial charge >= 0.3 is 10.2 Å². The number of hydrogen-bond acceptors (Lipinski definition) is 4. The molecule has 1 aromatic carbocycles. The maximum absolute atomic E-state index is 12.8. The molecule has 0 saturated carbocycles. The summed E-state index contributed by atoms with van der Waals surface area (Å²) >= 11 is 0. The Morgan fingerprint density at radius 2 is 1.70 bits per heavy atom. The number of aryl methyl sites for hydroxylation is 1. The van der Waals surface area contributed by atoms with Gasteiger partial charge in [0.1, 0.15) is 16.4 Å². The third kappa shape index (κ3) is 4.15. The Kier molecular flexibility index (Phi) is 3.79. The van der Waals surface area contributed by atoms with E-state index in [1.54, 1.807) is 13.8 Å². The Morgan fingerprint density at radius 3 is 2.26 bits per heavy atom. The Labute approximate surface area is 149 Å². The molecule has 3 rings (SSSR count). The van der Waals surface area contributed by atoms with Crippen LogP contribution < -0.4 is 5.56 Å². The van der Waals surface area contributed by atoms with Crippen LogP contribution in [0.1, 0.15) is 24.4 Å². The molecule has 1 N–H and O–H groups in total. The number of rotatable bonds is 4. The smallest absolute Gasteiger partial charge is 0.310 e. The number of hydrogen-bond donors (Lipinski definition) is 1. The van der Waals surface area contributed by atoms with Crippen LogP contribution in [0.5, 0.6) is 0 Å². The minimum atomic E-state index is -9.71. The zero-order valence-electron chi connectivity index (χ0n) is 14.0. The standard InChI is InChI=1S/C15H14F5N5OS/c1-9(11-3-5-12(6-4-11)27(16,17,18,19)20)25-8-14(23-24-25)13-7-15(26)22-10(2)21-13/h3-9H,1-2H3,(H,21,22,26). The van der Waals surface area contributed by atoms with E-state index in [-0.39, 0.29) is 11.3 Å². The van der Waals surface area contributed by atoms with E-state index in [4.69, 9.17) is 0 Å². The van der Waals surface area contributed by atoms with Gasteiger partial charge < -0.3 is 4.98 Å². The van der Waals surface area contributed by atoms with E-state index in [9.17, 15) is 24.2 Å². The Hall–Kier alpha value is -2.76. The van der Waals surface area contributed by atoms with Crippen molar-refractivity contribution in [1.82, 2.24) is 25.0 Å². The Balaban J connectivity index is 1.90. The normalized spacial score (nSPS) is 15.8. The van der Waals surface area contributed by atoms with Gasteiger partial charge in [-0.15, -0.1) is 5.10 Å². The summed E-state index contributed by atoms with van der Waals surface area (Å²) in [5.74, 6) is 0.381. The monoisotopic (exact) mass is 407 g/mol. The molecule has 0 aliphatic rings. The molecule has 6 nitrogen and oxygen atoms in total. The first kappa shape index (κ1) is 19.0. The molecular formula is C15H14F5N5OS. The van der Waals surface area contributed by atoms with Crippen LogP contribution in [-0.2, 0) is 0 Å². The summed E-state index contributed by atoms with van der Waals surface area (Å²) in [5, 5.41) is 7.78. The van der Waals surface area contributed by atoms with Crippen molar-refractivity contribution < 1.29 is 19.4 Å². The van der Waals surface area contributed by atoms with Gasteiger partial charge in [0, 0.05) is 6.07 Å². The highest BCUT2D eigenvalue weighted by Crippen LogP contribution is 3.02. The van der Waals surface area contributed by atoms with Crippen molar-refractivity contribution in [2.45, 2.75) is 24.8 Å². The van der Waals surface area contributed by atoms with E-state index in [1.165, 1.54) is 16.9 Å². The molecule has 0 bridgehead atoms. The highest BCUT2D eigenvalue weighted by atomic mass is 32.5. The number of halogens is 5. The van der Waals surface area contributed by atoms with Gasteiger partial charge in [-0.25, -0.2) is 9.67 Å². The van der Waals surface area contributed by atoms with Gasteiger partial charge in [0.15, 0.2) is 0 Å². The number of nitrogens with zero attached hydrogens (tertiary/aromatic N) is 4. The van der Waals surface area contributed by atoms with Gasteiger partial charge in [-0.2, -0.15) is 0 Å². The topological polar surface area (TPSA) is 76.5 Å². The fourth-order valence-electron chi connectivity index (χ4n) is 2.45. The molecule has 0 aliphatic heterocycles. The van der Waals surface area contributed by atoms with Crippen LogP contribution in [0, 0.1) is 6.92 Å². The van der Waals surface area contributed by atoms with E-state index >= 15 is 0 Å². The first-order valence-electron chi connectivity index (χ1n) is 7.57. The lowest BCUT2D eigenvalue weighted by Crippen LogP contribution is -2.09. The molecule has 1 unspecified atom stereocenters. The molecule has 3 aromatic rings. The highest BCUT2D eigenvalue weighted by molar-refractivity contribution is 8.45. The van der Waals surface area contributed by atoms with Crippen molar-refractivity contribution in [3.05, 3.63) is 58.3 Å². The minimum absolute atomic E-state index is 0.283. The van der Waals surface area contributed by atoms with E-state index < -0.39 is 21.2 Å². The summed E-state index contributed by atoms with van der Waals surface area (Å²) in [4.78, 5) is 16.2. The fourth-order valence-corrected chi connectivity index (χ4v) is 3.10. The largest absolute Gasteiger partial charge is 0.311 e. The van der Waals surface area contributed by atoms with Crippen LogP contribution >= 0.6 is 10.2 Å². The van der Waals surface area contributed by atoms with Gasteiger partial charge in [0.25, 0.3) is 5.56 Å². The molecule has 27 heavy (non-hydrogen) atoms. The third-order valence-corrected chi connectivity index (χ3v) is 5.00. The number of benzene rings is 1. The summed E-state index contributed by atoms with van der Waals surface area (Å²) in [6.07, 6.45) is 1.46. The lowest BCUT2D eigenvalue weighted by atomic mass is 10.1. The van der Waals surface area contributed by atoms with E-state index in [0.29, 0.717) is 29.2 Å². The summed E-state index contributed by atoms with van der Waals surface area (Å²) in [6, 6.07) is 3.29. The Bertz CT molecular complexity index is 1060. The summed E-state index contributed by atoms with van der Waals surface area (Å²) in [7, 11) is -9.71. The Morgan fingerprint density at radius 1 is 1.07 bits per heavy atom. The van der Waals surface area contributed by atoms with Crippen molar-refractivity contribution in [1.29, 1.82) is 0 Å². The van der Waals surface area contributed by atoms with Crippen molar-refractivity contribution in [2.24, 2.45) is 0 Å². The molecule has 0 saturated heterocycles. The third-order valence-electron chi connectivity index (χ3n) is 3.84. The highest BCUT2D eigenvalue weighted by Gasteiger charge is 2.65. The maximum atomic E-state index is 12.8. The maximum Gasteiger partial charge on any atom is 0.310 e. The minimum Gasteiger partial charge on any atom is -0.311 e. The second-order valence-electron chi connectivity index (χ2n) is 6.01. The fraction of sp³-hybridized carbons (Fsp3) is 0.200. The second-order valence-corrected chi connectivity index (χ2v) is 8.42. The predicted molar refractivity (Wildman–Crippen MR) is 90.3 cm³/mol. The van der Waals surface area contributed by atoms with Gasteiger partial charge in [-0.1, -0.05) is 36.8 Å². The molecule has 0 spiro atoms. The predicted octanol–water partition coefficient (Wildman–Crippen LogP) is 4.60. The molecule has 146 valence electrons. The first-order valence-corrected chi connectivity index (χ1v) is 9.52. The molecule has 1 atom stereocenters. The van der Waals surface area contributed by atoms with Crippen LogP contribution in [0.15, 0.2) is 46.2 Å². The lowest BCUT2D eigenvalue weighted by Gasteiger charge is -2.40. The molecule has 12 heteroatoms. The van der Waals surface area contributed by atoms with Crippen molar-refractivity contribution in [2.75, 3.05) is 0 Å². The average Bonchev–Trinajstić information content (AvgIpc) is 3.01. The van der Waals surface area contributed by atoms with E-state index in [1.807, 2.05) is 0 Å². The summed E-state index contributed by atoms with van der Waals surface area (Å²) in [5.41, 5.74) is 0.532. The van der Waals surface area contributed by atoms with Gasteiger partial charge in [0.2, 0.25) is 0 Å². The first-order chi connectivity index (χ1) is 12.2. The number of aromatic amines is 1. The van der Waals surface area contributed by atoms with Crippen molar-refractivity contribution >= 4 is 10.2 Å². The van der Waals surface area contributed by atoms with E-state index in [0.717, 1.165) is 12.1 Å². The molecule has 2 aromatic heterocycles. The SMILES string of the molecule is Cc1nc(-c2cn(C(C)c3ccc(S(F)(F)(F)(F)F)cc3)nn2)cc(=O)[nH]1. The van der Waals surface area contributed by atoms with Crippen LogP contribution in [-0.4, -0.2) is 25.0 Å². The number of aromatic nitrogens is 5. The molecule has 0 radical (unpaired) electrons. The van der Waals surface area contributed by atoms with Crippen LogP contribution in [0.4, 0.5) is 19.4 Å². The molecular weight excluding hydrogens is 393 g/mol. The van der Waals surface area contributed by atoms with Crippen LogP contribution in [0.2, 0.25) is 0 Å². The van der Waals surface area contributed by atoms with Gasteiger partial charge in [-0.3, -0.25) is 4.79 Å². The second kappa shape index (κ2) is 5.38. The molecule has 0 aliphatic carbocycles. The summed E-state index contributed by atoms with van der Waals surface area (Å²) < 4.78 is 65.3. The summed E-state index contributed by atoms with van der Waals surface area (Å²) in [6.45, 7) is 3.21. The lowest BCUT2D eigenvalue weighted by molar-refractivity contribution is 0.364. The van der Waals surface area contributed by atoms with Crippen molar-refractivity contribution in [3.8, 4) is 11.4 Å². The number of nitrogens with one attached hydrogen (secondary N) is 1. The van der Waals surface area contributed by atoms with Crippen molar-refractivity contribution in [3.63, 3.8) is 0 Å². The van der Waals surface area contributed by atoms with E-state index in [2.05, 4.69) is 20.3 Å². The average molecular weight is 407 g/mol. The quantitative estimate of drug-likeness (QED) is 0.641. The molecule has 2 heterocycles. The number of H-pyrrole nitrogens is 1. The zero-order valence-corrected chi connectivity index (χ0v) is 14.9. The van der Waals surface area contributed by atoms with Crippen LogP contribution in [0.3, 0.4) is 0 Å². The van der Waals surface area contributed by atoms with Crippen LogP contribution in [0.25, 0.3) is 11.4 Å². The van der Waals surface area contributed by atoms with Gasteiger partial charge in [0.05, 0.1) is 17.9 Å². The van der Waals surface area contributed by atoms with Gasteiger partial charge in [-0.05, 0) is 31.5 Å². The zero-order chi connectivity index (χ0) is 20.1.